The summed E-state index contributed by atoms with van der Waals surface area (Å²) in [5.74, 6) is 1.11. The number of carbonyl (C=O) groups is 1. The zero-order valence-electron chi connectivity index (χ0n) is 17.8. The van der Waals surface area contributed by atoms with Crippen molar-refractivity contribution in [1.29, 1.82) is 0 Å². The molecule has 3 aromatic carbocycles. The SMILES string of the molecule is COc1ccc(-c2cc(C(=O)N[C@@H](C)c3ccccc3)c3ccccc3n2)cc1OC. The Labute approximate surface area is 181 Å². The monoisotopic (exact) mass is 412 g/mol. The molecule has 1 amide bonds. The topological polar surface area (TPSA) is 60.5 Å². The van der Waals surface area contributed by atoms with E-state index in [4.69, 9.17) is 14.5 Å². The Morgan fingerprint density at radius 3 is 2.32 bits per heavy atom. The second kappa shape index (κ2) is 8.88. The third-order valence-electron chi connectivity index (χ3n) is 5.29. The molecule has 0 bridgehead atoms. The quantitative estimate of drug-likeness (QED) is 0.460. The minimum Gasteiger partial charge on any atom is -0.493 e. The number of methoxy groups -OCH3 is 2. The second-order valence-corrected chi connectivity index (χ2v) is 7.25. The lowest BCUT2D eigenvalue weighted by Gasteiger charge is -2.16. The van der Waals surface area contributed by atoms with Crippen molar-refractivity contribution in [3.05, 3.63) is 90.0 Å². The van der Waals surface area contributed by atoms with E-state index in [9.17, 15) is 4.79 Å². The smallest absolute Gasteiger partial charge is 0.252 e. The number of pyridine rings is 1. The van der Waals surface area contributed by atoms with Crippen molar-refractivity contribution in [3.8, 4) is 22.8 Å². The first kappa shape index (κ1) is 20.4. The fraction of sp³-hybridized carbons (Fsp3) is 0.154. The highest BCUT2D eigenvalue weighted by molar-refractivity contribution is 6.07. The molecule has 0 spiro atoms. The molecule has 0 aliphatic carbocycles. The molecule has 0 aliphatic rings. The zero-order valence-corrected chi connectivity index (χ0v) is 17.8. The van der Waals surface area contributed by atoms with Gasteiger partial charge >= 0.3 is 0 Å². The molecule has 0 saturated heterocycles. The first-order chi connectivity index (χ1) is 15.1. The van der Waals surface area contributed by atoms with Crippen molar-refractivity contribution in [2.75, 3.05) is 14.2 Å². The number of carbonyl (C=O) groups excluding carboxylic acids is 1. The van der Waals surface area contributed by atoms with Crippen LogP contribution in [0.5, 0.6) is 11.5 Å². The molecule has 1 aromatic heterocycles. The van der Waals surface area contributed by atoms with Crippen molar-refractivity contribution in [2.24, 2.45) is 0 Å². The van der Waals surface area contributed by atoms with Gasteiger partial charge in [-0.1, -0.05) is 48.5 Å². The van der Waals surface area contributed by atoms with Crippen molar-refractivity contribution in [1.82, 2.24) is 10.3 Å². The van der Waals surface area contributed by atoms with Crippen LogP contribution >= 0.6 is 0 Å². The van der Waals surface area contributed by atoms with Gasteiger partial charge in [-0.25, -0.2) is 4.98 Å². The number of aromatic nitrogens is 1. The highest BCUT2D eigenvalue weighted by atomic mass is 16.5. The van der Waals surface area contributed by atoms with Crippen molar-refractivity contribution >= 4 is 16.8 Å². The Hall–Kier alpha value is -3.86. The number of rotatable bonds is 6. The Kier molecular flexibility index (Phi) is 5.85. The zero-order chi connectivity index (χ0) is 21.8. The molecule has 0 unspecified atom stereocenters. The van der Waals surface area contributed by atoms with Crippen LogP contribution in [0.3, 0.4) is 0 Å². The number of hydrogen-bond acceptors (Lipinski definition) is 4. The van der Waals surface area contributed by atoms with Crippen molar-refractivity contribution in [3.63, 3.8) is 0 Å². The molecule has 156 valence electrons. The van der Waals surface area contributed by atoms with E-state index >= 15 is 0 Å². The number of nitrogens with zero attached hydrogens (tertiary/aromatic N) is 1. The van der Waals surface area contributed by atoms with Gasteiger partial charge in [0.1, 0.15) is 0 Å². The predicted molar refractivity (Wildman–Crippen MR) is 123 cm³/mol. The maximum absolute atomic E-state index is 13.3. The molecular weight excluding hydrogens is 388 g/mol. The molecule has 1 atom stereocenters. The van der Waals surface area contributed by atoms with Gasteiger partial charge in [-0.3, -0.25) is 4.79 Å². The van der Waals surface area contributed by atoms with Gasteiger partial charge in [0.2, 0.25) is 0 Å². The number of fused-ring (bicyclic) bond motifs is 1. The van der Waals surface area contributed by atoms with Gasteiger partial charge in [0.25, 0.3) is 5.91 Å². The van der Waals surface area contributed by atoms with Crippen LogP contribution in [-0.4, -0.2) is 25.1 Å². The Bertz CT molecular complexity index is 1220. The maximum atomic E-state index is 13.3. The lowest BCUT2D eigenvalue weighted by atomic mass is 10.0. The van der Waals surface area contributed by atoms with Crippen LogP contribution in [0.2, 0.25) is 0 Å². The Morgan fingerprint density at radius 2 is 1.58 bits per heavy atom. The molecule has 4 rings (SSSR count). The van der Waals surface area contributed by atoms with Crippen LogP contribution in [0.15, 0.2) is 78.9 Å². The summed E-state index contributed by atoms with van der Waals surface area (Å²) >= 11 is 0. The van der Waals surface area contributed by atoms with Gasteiger partial charge in [0, 0.05) is 10.9 Å². The van der Waals surface area contributed by atoms with Gasteiger partial charge < -0.3 is 14.8 Å². The molecule has 5 nitrogen and oxygen atoms in total. The lowest BCUT2D eigenvalue weighted by Crippen LogP contribution is -2.27. The summed E-state index contributed by atoms with van der Waals surface area (Å²) in [6, 6.07) is 24.9. The summed E-state index contributed by atoms with van der Waals surface area (Å²) in [5, 5.41) is 3.92. The standard InChI is InChI=1S/C26H24N2O3/c1-17(18-9-5-4-6-10-18)27-26(29)21-16-23(28-22-12-8-7-11-20(21)22)19-13-14-24(30-2)25(15-19)31-3/h4-17H,1-3H3,(H,27,29)/t17-/m0/s1. The van der Waals surface area contributed by atoms with Crippen LogP contribution in [0.4, 0.5) is 0 Å². The number of nitrogens with one attached hydrogen (secondary N) is 1. The van der Waals surface area contributed by atoms with Crippen LogP contribution in [0.1, 0.15) is 28.9 Å². The molecule has 1 N–H and O–H groups in total. The molecule has 0 aliphatic heterocycles. The summed E-state index contributed by atoms with van der Waals surface area (Å²) in [6.07, 6.45) is 0. The van der Waals surface area contributed by atoms with E-state index in [-0.39, 0.29) is 11.9 Å². The Morgan fingerprint density at radius 1 is 0.871 bits per heavy atom. The van der Waals surface area contributed by atoms with E-state index in [0.29, 0.717) is 22.8 Å². The Balaban J connectivity index is 1.76. The van der Waals surface area contributed by atoms with Crippen molar-refractivity contribution < 1.29 is 14.3 Å². The highest BCUT2D eigenvalue weighted by Gasteiger charge is 2.17. The molecular formula is C26H24N2O3. The number of para-hydroxylation sites is 1. The maximum Gasteiger partial charge on any atom is 0.252 e. The average Bonchev–Trinajstić information content (AvgIpc) is 2.83. The number of benzene rings is 3. The first-order valence-electron chi connectivity index (χ1n) is 10.1. The van der Waals surface area contributed by atoms with Crippen LogP contribution < -0.4 is 14.8 Å². The van der Waals surface area contributed by atoms with Crippen LogP contribution in [-0.2, 0) is 0 Å². The molecule has 31 heavy (non-hydrogen) atoms. The third kappa shape index (κ3) is 4.21. The summed E-state index contributed by atoms with van der Waals surface area (Å²) in [7, 11) is 3.20. The third-order valence-corrected chi connectivity index (χ3v) is 5.29. The van der Waals surface area contributed by atoms with Gasteiger partial charge in [-0.2, -0.15) is 0 Å². The number of ether oxygens (including phenoxy) is 2. The van der Waals surface area contributed by atoms with E-state index in [1.165, 1.54) is 0 Å². The highest BCUT2D eigenvalue weighted by Crippen LogP contribution is 2.33. The summed E-state index contributed by atoms with van der Waals surface area (Å²) in [4.78, 5) is 18.0. The van der Waals surface area contributed by atoms with E-state index in [2.05, 4.69) is 5.32 Å². The second-order valence-electron chi connectivity index (χ2n) is 7.25. The van der Waals surface area contributed by atoms with E-state index in [1.54, 1.807) is 14.2 Å². The normalized spacial score (nSPS) is 11.7. The van der Waals surface area contributed by atoms with Gasteiger partial charge in [0.05, 0.1) is 37.0 Å². The largest absolute Gasteiger partial charge is 0.493 e. The fourth-order valence-corrected chi connectivity index (χ4v) is 3.61. The van der Waals surface area contributed by atoms with E-state index < -0.39 is 0 Å². The predicted octanol–water partition coefficient (Wildman–Crippen LogP) is 5.41. The molecule has 0 saturated carbocycles. The molecule has 0 radical (unpaired) electrons. The van der Waals surface area contributed by atoms with Gasteiger partial charge in [-0.05, 0) is 42.8 Å². The number of amides is 1. The molecule has 4 aromatic rings. The van der Waals surface area contributed by atoms with E-state index in [0.717, 1.165) is 22.0 Å². The summed E-state index contributed by atoms with van der Waals surface area (Å²) < 4.78 is 10.8. The number of hydrogen-bond donors (Lipinski definition) is 1. The first-order valence-corrected chi connectivity index (χ1v) is 10.1. The van der Waals surface area contributed by atoms with Crippen LogP contribution in [0, 0.1) is 0 Å². The molecule has 1 heterocycles. The molecule has 5 heteroatoms. The van der Waals surface area contributed by atoms with Gasteiger partial charge in [-0.15, -0.1) is 0 Å². The molecule has 0 fully saturated rings. The van der Waals surface area contributed by atoms with Crippen LogP contribution in [0.25, 0.3) is 22.2 Å². The summed E-state index contributed by atoms with van der Waals surface area (Å²) in [6.45, 7) is 1.98. The minimum atomic E-state index is -0.142. The minimum absolute atomic E-state index is 0.120. The fourth-order valence-electron chi connectivity index (χ4n) is 3.61. The van der Waals surface area contributed by atoms with Crippen molar-refractivity contribution in [2.45, 2.75) is 13.0 Å². The summed E-state index contributed by atoms with van der Waals surface area (Å²) in [5.41, 5.74) is 3.92. The van der Waals surface area contributed by atoms with E-state index in [1.807, 2.05) is 85.8 Å². The lowest BCUT2D eigenvalue weighted by molar-refractivity contribution is 0.0941. The average molecular weight is 412 g/mol. The van der Waals surface area contributed by atoms with Gasteiger partial charge in [0.15, 0.2) is 11.5 Å².